The van der Waals surface area contributed by atoms with Gasteiger partial charge in [0, 0.05) is 17.9 Å². The molecule has 0 aliphatic heterocycles. The SMILES string of the molecule is C=CCn1c(SCC=Cc2ccccc2)nnc1-c1ccccc1. The molecule has 3 nitrogen and oxygen atoms in total. The Morgan fingerprint density at radius 3 is 2.38 bits per heavy atom. The zero-order chi connectivity index (χ0) is 16.6. The molecule has 0 N–H and O–H groups in total. The van der Waals surface area contributed by atoms with E-state index in [0.29, 0.717) is 6.54 Å². The predicted octanol–water partition coefficient (Wildman–Crippen LogP) is 4.94. The smallest absolute Gasteiger partial charge is 0.192 e. The molecule has 1 heterocycles. The molecule has 0 aliphatic carbocycles. The lowest BCUT2D eigenvalue weighted by Crippen LogP contribution is -2.00. The highest BCUT2D eigenvalue weighted by atomic mass is 32.2. The van der Waals surface area contributed by atoms with Crippen LogP contribution in [-0.4, -0.2) is 20.5 Å². The van der Waals surface area contributed by atoms with Gasteiger partial charge in [0.25, 0.3) is 0 Å². The fraction of sp³-hybridized carbons (Fsp3) is 0.100. The molecule has 4 heteroatoms. The van der Waals surface area contributed by atoms with Gasteiger partial charge in [0.05, 0.1) is 0 Å². The van der Waals surface area contributed by atoms with Crippen LogP contribution in [0.4, 0.5) is 0 Å². The van der Waals surface area contributed by atoms with E-state index in [2.05, 4.69) is 45.6 Å². The van der Waals surface area contributed by atoms with Gasteiger partial charge in [0.2, 0.25) is 0 Å². The topological polar surface area (TPSA) is 30.7 Å². The number of nitrogens with zero attached hydrogens (tertiary/aromatic N) is 3. The number of allylic oxidation sites excluding steroid dienone is 1. The fourth-order valence-electron chi connectivity index (χ4n) is 2.36. The van der Waals surface area contributed by atoms with E-state index in [9.17, 15) is 0 Å². The van der Waals surface area contributed by atoms with Gasteiger partial charge in [-0.25, -0.2) is 0 Å². The molecule has 0 spiro atoms. The first kappa shape index (κ1) is 16.3. The van der Waals surface area contributed by atoms with Crippen LogP contribution in [0.5, 0.6) is 0 Å². The van der Waals surface area contributed by atoms with Crippen molar-refractivity contribution in [3.63, 3.8) is 0 Å². The van der Waals surface area contributed by atoms with E-state index < -0.39 is 0 Å². The average Bonchev–Trinajstić information content (AvgIpc) is 3.03. The molecule has 0 saturated carbocycles. The first-order valence-electron chi connectivity index (χ1n) is 7.82. The Balaban J connectivity index is 1.73. The van der Waals surface area contributed by atoms with Crippen LogP contribution < -0.4 is 0 Å². The van der Waals surface area contributed by atoms with Gasteiger partial charge in [-0.15, -0.1) is 16.8 Å². The summed E-state index contributed by atoms with van der Waals surface area (Å²) in [4.78, 5) is 0. The zero-order valence-electron chi connectivity index (χ0n) is 13.4. The average molecular weight is 333 g/mol. The number of rotatable bonds is 7. The predicted molar refractivity (Wildman–Crippen MR) is 102 cm³/mol. The largest absolute Gasteiger partial charge is 0.298 e. The third kappa shape index (κ3) is 4.03. The van der Waals surface area contributed by atoms with Crippen LogP contribution in [0.25, 0.3) is 17.5 Å². The molecule has 0 bridgehead atoms. The summed E-state index contributed by atoms with van der Waals surface area (Å²) in [5, 5.41) is 9.62. The monoisotopic (exact) mass is 333 g/mol. The number of hydrogen-bond acceptors (Lipinski definition) is 3. The standard InChI is InChI=1S/C20H19N3S/c1-2-15-23-19(18-13-7-4-8-14-18)21-22-20(23)24-16-9-12-17-10-5-3-6-11-17/h2-14H,1,15-16H2. The first-order chi connectivity index (χ1) is 11.9. The van der Waals surface area contributed by atoms with Crippen molar-refractivity contribution in [1.82, 2.24) is 14.8 Å². The molecule has 120 valence electrons. The molecule has 24 heavy (non-hydrogen) atoms. The van der Waals surface area contributed by atoms with E-state index in [1.165, 1.54) is 5.56 Å². The minimum atomic E-state index is 0.696. The summed E-state index contributed by atoms with van der Waals surface area (Å²) < 4.78 is 2.10. The molecular weight excluding hydrogens is 314 g/mol. The molecule has 0 saturated heterocycles. The van der Waals surface area contributed by atoms with Crippen LogP contribution >= 0.6 is 11.8 Å². The zero-order valence-corrected chi connectivity index (χ0v) is 14.2. The van der Waals surface area contributed by atoms with Crippen LogP contribution in [0.2, 0.25) is 0 Å². The molecule has 0 amide bonds. The molecule has 2 aromatic carbocycles. The van der Waals surface area contributed by atoms with Gasteiger partial charge < -0.3 is 0 Å². The van der Waals surface area contributed by atoms with Gasteiger partial charge in [0.15, 0.2) is 11.0 Å². The molecule has 0 atom stereocenters. The van der Waals surface area contributed by atoms with E-state index in [0.717, 1.165) is 22.3 Å². The molecule has 0 unspecified atom stereocenters. The normalized spacial score (nSPS) is 11.0. The third-order valence-electron chi connectivity index (χ3n) is 3.48. The highest BCUT2D eigenvalue weighted by Crippen LogP contribution is 2.24. The van der Waals surface area contributed by atoms with E-state index in [4.69, 9.17) is 0 Å². The van der Waals surface area contributed by atoms with Crippen molar-refractivity contribution in [2.45, 2.75) is 11.7 Å². The molecular formula is C20H19N3S. The third-order valence-corrected chi connectivity index (χ3v) is 4.40. The highest BCUT2D eigenvalue weighted by Gasteiger charge is 2.12. The Bertz CT molecular complexity index is 807. The summed E-state index contributed by atoms with van der Waals surface area (Å²) in [6.45, 7) is 4.54. The number of aromatic nitrogens is 3. The summed E-state index contributed by atoms with van der Waals surface area (Å²) in [5.74, 6) is 1.73. The summed E-state index contributed by atoms with van der Waals surface area (Å²) >= 11 is 1.68. The van der Waals surface area contributed by atoms with Gasteiger partial charge in [0.1, 0.15) is 0 Å². The van der Waals surface area contributed by atoms with Crippen molar-refractivity contribution in [2.24, 2.45) is 0 Å². The number of thioether (sulfide) groups is 1. The summed E-state index contributed by atoms with van der Waals surface area (Å²) in [5.41, 5.74) is 2.27. The second-order valence-electron chi connectivity index (χ2n) is 5.20. The Hall–Kier alpha value is -2.59. The van der Waals surface area contributed by atoms with E-state index in [1.54, 1.807) is 11.8 Å². The van der Waals surface area contributed by atoms with Crippen LogP contribution in [0.3, 0.4) is 0 Å². The lowest BCUT2D eigenvalue weighted by Gasteiger charge is -2.06. The Morgan fingerprint density at radius 2 is 1.67 bits per heavy atom. The van der Waals surface area contributed by atoms with Crippen LogP contribution in [-0.2, 0) is 6.54 Å². The van der Waals surface area contributed by atoms with Crippen LogP contribution in [0, 0.1) is 0 Å². The Morgan fingerprint density at radius 1 is 0.958 bits per heavy atom. The minimum Gasteiger partial charge on any atom is -0.298 e. The molecule has 0 fully saturated rings. The molecule has 0 radical (unpaired) electrons. The number of benzene rings is 2. The maximum absolute atomic E-state index is 4.36. The molecule has 3 aromatic rings. The molecule has 1 aromatic heterocycles. The van der Waals surface area contributed by atoms with Crippen molar-refractivity contribution < 1.29 is 0 Å². The van der Waals surface area contributed by atoms with Crippen molar-refractivity contribution in [2.75, 3.05) is 5.75 Å². The first-order valence-corrected chi connectivity index (χ1v) is 8.81. The highest BCUT2D eigenvalue weighted by molar-refractivity contribution is 7.99. The Kier molecular flexibility index (Phi) is 5.64. The molecule has 3 rings (SSSR count). The van der Waals surface area contributed by atoms with E-state index >= 15 is 0 Å². The van der Waals surface area contributed by atoms with Crippen molar-refractivity contribution >= 4 is 17.8 Å². The maximum atomic E-state index is 4.36. The van der Waals surface area contributed by atoms with E-state index in [1.807, 2.05) is 54.6 Å². The summed E-state index contributed by atoms with van der Waals surface area (Å²) in [7, 11) is 0. The Labute approximate surface area is 146 Å². The van der Waals surface area contributed by atoms with Gasteiger partial charge in [-0.2, -0.15) is 0 Å². The van der Waals surface area contributed by atoms with E-state index in [-0.39, 0.29) is 0 Å². The van der Waals surface area contributed by atoms with Crippen LogP contribution in [0.15, 0.2) is 84.6 Å². The minimum absolute atomic E-state index is 0.696. The van der Waals surface area contributed by atoms with Crippen molar-refractivity contribution in [1.29, 1.82) is 0 Å². The lowest BCUT2D eigenvalue weighted by atomic mass is 10.2. The quantitative estimate of drug-likeness (QED) is 0.453. The lowest BCUT2D eigenvalue weighted by molar-refractivity contribution is 0.732. The van der Waals surface area contributed by atoms with Gasteiger partial charge in [-0.05, 0) is 5.56 Å². The fourth-order valence-corrected chi connectivity index (χ4v) is 3.12. The van der Waals surface area contributed by atoms with Gasteiger partial charge in [-0.3, -0.25) is 4.57 Å². The van der Waals surface area contributed by atoms with Gasteiger partial charge in [-0.1, -0.05) is 90.7 Å². The number of hydrogen-bond donors (Lipinski definition) is 0. The van der Waals surface area contributed by atoms with Gasteiger partial charge >= 0.3 is 0 Å². The second-order valence-corrected chi connectivity index (χ2v) is 6.18. The summed E-state index contributed by atoms with van der Waals surface area (Å²) in [6.07, 6.45) is 6.15. The van der Waals surface area contributed by atoms with Crippen LogP contribution in [0.1, 0.15) is 5.56 Å². The maximum Gasteiger partial charge on any atom is 0.192 e. The molecule has 0 aliphatic rings. The van der Waals surface area contributed by atoms with Crippen molar-refractivity contribution in [3.8, 4) is 11.4 Å². The second kappa shape index (κ2) is 8.31. The summed E-state index contributed by atoms with van der Waals surface area (Å²) in [6, 6.07) is 20.4. The van der Waals surface area contributed by atoms with Crippen molar-refractivity contribution in [3.05, 3.63) is 85.0 Å².